The van der Waals surface area contributed by atoms with Crippen molar-refractivity contribution >= 4 is 17.7 Å². The molecule has 0 bridgehead atoms. The molecule has 1 aromatic rings. The summed E-state index contributed by atoms with van der Waals surface area (Å²) >= 11 is 1.79. The van der Waals surface area contributed by atoms with E-state index in [0.717, 1.165) is 12.8 Å². The van der Waals surface area contributed by atoms with Gasteiger partial charge in [0.05, 0.1) is 5.56 Å². The molecule has 0 radical (unpaired) electrons. The topological polar surface area (TPSA) is 69.6 Å². The SMILES string of the molecule is CSC1(CNC(=O)c2ccc(O)cc2O)CCC1. The molecule has 1 aromatic carbocycles. The van der Waals surface area contributed by atoms with E-state index < -0.39 is 0 Å². The number of phenolic OH excluding ortho intramolecular Hbond substituents is 2. The molecule has 1 aliphatic carbocycles. The molecule has 0 spiro atoms. The molecule has 2 rings (SSSR count). The molecule has 3 N–H and O–H groups in total. The van der Waals surface area contributed by atoms with Crippen LogP contribution in [0.15, 0.2) is 18.2 Å². The summed E-state index contributed by atoms with van der Waals surface area (Å²) in [4.78, 5) is 11.9. The minimum absolute atomic E-state index is 0.0522. The fourth-order valence-electron chi connectivity index (χ4n) is 2.07. The highest BCUT2D eigenvalue weighted by Gasteiger charge is 2.36. The largest absolute Gasteiger partial charge is 0.508 e. The van der Waals surface area contributed by atoms with Crippen LogP contribution in [0.25, 0.3) is 0 Å². The number of thioether (sulfide) groups is 1. The first kappa shape index (κ1) is 13.1. The van der Waals surface area contributed by atoms with Gasteiger partial charge in [0.15, 0.2) is 0 Å². The lowest BCUT2D eigenvalue weighted by molar-refractivity contribution is 0.0941. The Labute approximate surface area is 110 Å². The average Bonchev–Trinajstić information content (AvgIpc) is 2.27. The van der Waals surface area contributed by atoms with E-state index in [0.29, 0.717) is 6.54 Å². The van der Waals surface area contributed by atoms with Gasteiger partial charge in [-0.1, -0.05) is 6.42 Å². The molecule has 0 aromatic heterocycles. The zero-order valence-corrected chi connectivity index (χ0v) is 11.1. The Hall–Kier alpha value is -1.36. The van der Waals surface area contributed by atoms with Crippen molar-refractivity contribution in [3.63, 3.8) is 0 Å². The molecule has 18 heavy (non-hydrogen) atoms. The lowest BCUT2D eigenvalue weighted by atomic mass is 9.84. The van der Waals surface area contributed by atoms with Gasteiger partial charge in [0.2, 0.25) is 0 Å². The van der Waals surface area contributed by atoms with Gasteiger partial charge >= 0.3 is 0 Å². The summed E-state index contributed by atoms with van der Waals surface area (Å²) in [5.41, 5.74) is 0.198. The third-order valence-corrected chi connectivity index (χ3v) is 4.91. The Kier molecular flexibility index (Phi) is 3.71. The molecule has 1 aliphatic rings. The first-order valence-corrected chi connectivity index (χ1v) is 7.14. The van der Waals surface area contributed by atoms with E-state index in [-0.39, 0.29) is 27.7 Å². The number of amides is 1. The third kappa shape index (κ3) is 2.56. The Balaban J connectivity index is 1.99. The second-order valence-corrected chi connectivity index (χ2v) is 5.90. The fourth-order valence-corrected chi connectivity index (χ4v) is 2.99. The minimum atomic E-state index is -0.298. The van der Waals surface area contributed by atoms with Crippen LogP contribution in [0.2, 0.25) is 0 Å². The van der Waals surface area contributed by atoms with Gasteiger partial charge in [0.1, 0.15) is 11.5 Å². The highest BCUT2D eigenvalue weighted by molar-refractivity contribution is 8.00. The van der Waals surface area contributed by atoms with E-state index >= 15 is 0 Å². The van der Waals surface area contributed by atoms with E-state index in [1.165, 1.54) is 24.6 Å². The lowest BCUT2D eigenvalue weighted by Gasteiger charge is -2.40. The molecule has 5 heteroatoms. The van der Waals surface area contributed by atoms with Crippen LogP contribution in [0, 0.1) is 0 Å². The van der Waals surface area contributed by atoms with Gasteiger partial charge in [-0.05, 0) is 31.2 Å². The molecule has 98 valence electrons. The number of carbonyl (C=O) groups excluding carboxylic acids is 1. The number of hydrogen-bond donors (Lipinski definition) is 3. The maximum atomic E-state index is 11.9. The van der Waals surface area contributed by atoms with Crippen molar-refractivity contribution in [1.29, 1.82) is 0 Å². The molecule has 0 unspecified atom stereocenters. The van der Waals surface area contributed by atoms with Crippen LogP contribution in [0.5, 0.6) is 11.5 Å². The van der Waals surface area contributed by atoms with E-state index in [9.17, 15) is 9.90 Å². The molecular weight excluding hydrogens is 250 g/mol. The number of rotatable bonds is 4. The lowest BCUT2D eigenvalue weighted by Crippen LogP contribution is -2.45. The summed E-state index contributed by atoms with van der Waals surface area (Å²) in [6, 6.07) is 3.98. The first-order chi connectivity index (χ1) is 8.56. The predicted molar refractivity (Wildman–Crippen MR) is 72.2 cm³/mol. The molecule has 4 nitrogen and oxygen atoms in total. The Morgan fingerprint density at radius 3 is 2.67 bits per heavy atom. The van der Waals surface area contributed by atoms with Gasteiger partial charge in [-0.2, -0.15) is 11.8 Å². The van der Waals surface area contributed by atoms with Crippen molar-refractivity contribution in [3.8, 4) is 11.5 Å². The number of aromatic hydroxyl groups is 2. The molecule has 0 heterocycles. The van der Waals surface area contributed by atoms with Crippen molar-refractivity contribution < 1.29 is 15.0 Å². The summed E-state index contributed by atoms with van der Waals surface area (Å²) < 4.78 is 0.169. The van der Waals surface area contributed by atoms with Crippen molar-refractivity contribution in [2.75, 3.05) is 12.8 Å². The van der Waals surface area contributed by atoms with E-state index in [2.05, 4.69) is 11.6 Å². The smallest absolute Gasteiger partial charge is 0.255 e. The number of nitrogens with one attached hydrogen (secondary N) is 1. The Morgan fingerprint density at radius 2 is 2.17 bits per heavy atom. The van der Waals surface area contributed by atoms with Gasteiger partial charge in [0.25, 0.3) is 5.91 Å². The normalized spacial score (nSPS) is 16.9. The van der Waals surface area contributed by atoms with Crippen LogP contribution in [0.4, 0.5) is 0 Å². The zero-order chi connectivity index (χ0) is 13.2. The van der Waals surface area contributed by atoms with Crippen LogP contribution < -0.4 is 5.32 Å². The third-order valence-electron chi connectivity index (χ3n) is 3.49. The van der Waals surface area contributed by atoms with Crippen molar-refractivity contribution in [2.45, 2.75) is 24.0 Å². The standard InChI is InChI=1S/C13H17NO3S/c1-18-13(5-2-6-13)8-14-12(17)10-4-3-9(15)7-11(10)16/h3-4,7,15-16H,2,5-6,8H2,1H3,(H,14,17). The number of carbonyl (C=O) groups is 1. The van der Waals surface area contributed by atoms with Crippen molar-refractivity contribution in [1.82, 2.24) is 5.32 Å². The van der Waals surface area contributed by atoms with E-state index in [4.69, 9.17) is 5.11 Å². The summed E-state index contributed by atoms with van der Waals surface area (Å²) in [5.74, 6) is -0.546. The highest BCUT2D eigenvalue weighted by atomic mass is 32.2. The second-order valence-electron chi connectivity index (χ2n) is 4.62. The summed E-state index contributed by atoms with van der Waals surface area (Å²) in [6.07, 6.45) is 5.51. The van der Waals surface area contributed by atoms with Crippen LogP contribution in [-0.2, 0) is 0 Å². The van der Waals surface area contributed by atoms with Crippen molar-refractivity contribution in [3.05, 3.63) is 23.8 Å². The van der Waals surface area contributed by atoms with Gasteiger partial charge in [0, 0.05) is 17.4 Å². The first-order valence-electron chi connectivity index (χ1n) is 5.92. The molecule has 0 saturated heterocycles. The maximum absolute atomic E-state index is 11.9. The average molecular weight is 267 g/mol. The monoisotopic (exact) mass is 267 g/mol. The van der Waals surface area contributed by atoms with Gasteiger partial charge in [-0.3, -0.25) is 4.79 Å². The van der Waals surface area contributed by atoms with Gasteiger partial charge in [-0.15, -0.1) is 0 Å². The fraction of sp³-hybridized carbons (Fsp3) is 0.462. The predicted octanol–water partition coefficient (Wildman–Crippen LogP) is 2.11. The molecule has 0 aliphatic heterocycles. The summed E-state index contributed by atoms with van der Waals surface area (Å²) in [5, 5.41) is 21.6. The van der Waals surface area contributed by atoms with Gasteiger partial charge in [-0.25, -0.2) is 0 Å². The number of hydrogen-bond acceptors (Lipinski definition) is 4. The van der Waals surface area contributed by atoms with Gasteiger partial charge < -0.3 is 15.5 Å². The van der Waals surface area contributed by atoms with E-state index in [1.54, 1.807) is 11.8 Å². The maximum Gasteiger partial charge on any atom is 0.255 e. The molecule has 1 fully saturated rings. The number of benzene rings is 1. The second kappa shape index (κ2) is 5.10. The summed E-state index contributed by atoms with van der Waals surface area (Å²) in [7, 11) is 0. The van der Waals surface area contributed by atoms with Crippen LogP contribution >= 0.6 is 11.8 Å². The molecule has 1 amide bonds. The van der Waals surface area contributed by atoms with Crippen LogP contribution in [-0.4, -0.2) is 33.7 Å². The molecule has 1 saturated carbocycles. The zero-order valence-electron chi connectivity index (χ0n) is 10.3. The molecular formula is C13H17NO3S. The Morgan fingerprint density at radius 1 is 1.44 bits per heavy atom. The van der Waals surface area contributed by atoms with E-state index in [1.807, 2.05) is 0 Å². The summed E-state index contributed by atoms with van der Waals surface area (Å²) in [6.45, 7) is 0.618. The molecule has 0 atom stereocenters. The quantitative estimate of drug-likeness (QED) is 0.781. The van der Waals surface area contributed by atoms with Crippen molar-refractivity contribution in [2.24, 2.45) is 0 Å². The number of phenols is 2. The Bertz CT molecular complexity index is 452. The minimum Gasteiger partial charge on any atom is -0.508 e. The highest BCUT2D eigenvalue weighted by Crippen LogP contribution is 2.42. The van der Waals surface area contributed by atoms with Crippen LogP contribution in [0.1, 0.15) is 29.6 Å². The van der Waals surface area contributed by atoms with Crippen LogP contribution in [0.3, 0.4) is 0 Å².